The van der Waals surface area contributed by atoms with Crippen LogP contribution in [0.2, 0.25) is 0 Å². The van der Waals surface area contributed by atoms with Crippen LogP contribution in [-0.2, 0) is 33.3 Å². The summed E-state index contributed by atoms with van der Waals surface area (Å²) >= 11 is 0. The number of carbonyl (C=O) groups is 3. The number of unbranched alkanes of at least 4 members (excludes halogenated alkanes) is 4. The van der Waals surface area contributed by atoms with E-state index in [-0.39, 0.29) is 39.3 Å². The fraction of sp³-hybridized carbons (Fsp3) is 0.864. The van der Waals surface area contributed by atoms with Crippen LogP contribution in [0.5, 0.6) is 0 Å². The maximum absolute atomic E-state index is 12.9. The standard InChI is InChI=1S/C22H40O7/c1-5-9-13-26-19(23)17-22(29-16-12-8-4,21(25)28-15-11-7-3)18-20(24)27-14-10-6-2/h5-18H2,1-4H3. The minimum Gasteiger partial charge on any atom is -0.466 e. The molecule has 0 aliphatic rings. The smallest absolute Gasteiger partial charge is 0.339 e. The van der Waals surface area contributed by atoms with Crippen LogP contribution in [-0.4, -0.2) is 49.9 Å². The molecule has 7 nitrogen and oxygen atoms in total. The molecule has 0 saturated carbocycles. The van der Waals surface area contributed by atoms with Crippen molar-refractivity contribution in [2.24, 2.45) is 0 Å². The van der Waals surface area contributed by atoms with Gasteiger partial charge in [-0.05, 0) is 25.7 Å². The van der Waals surface area contributed by atoms with E-state index in [4.69, 9.17) is 18.9 Å². The first-order valence-electron chi connectivity index (χ1n) is 11.1. The molecule has 0 spiro atoms. The lowest BCUT2D eigenvalue weighted by Crippen LogP contribution is -2.47. The monoisotopic (exact) mass is 416 g/mol. The Bertz CT molecular complexity index is 438. The molecular weight excluding hydrogens is 376 g/mol. The van der Waals surface area contributed by atoms with Crippen LogP contribution >= 0.6 is 0 Å². The van der Waals surface area contributed by atoms with E-state index in [1.54, 1.807) is 0 Å². The third-order valence-electron chi connectivity index (χ3n) is 4.36. The predicted octanol–water partition coefficient (Wildman–Crippen LogP) is 4.35. The molecule has 170 valence electrons. The van der Waals surface area contributed by atoms with Crippen molar-refractivity contribution in [1.29, 1.82) is 0 Å². The molecule has 0 aliphatic heterocycles. The van der Waals surface area contributed by atoms with Gasteiger partial charge in [-0.1, -0.05) is 53.4 Å². The summed E-state index contributed by atoms with van der Waals surface area (Å²) in [6, 6.07) is 0. The van der Waals surface area contributed by atoms with Gasteiger partial charge < -0.3 is 18.9 Å². The quantitative estimate of drug-likeness (QED) is 0.186. The summed E-state index contributed by atoms with van der Waals surface area (Å²) in [7, 11) is 0. The second kappa shape index (κ2) is 17.2. The zero-order valence-corrected chi connectivity index (χ0v) is 18.8. The summed E-state index contributed by atoms with van der Waals surface area (Å²) in [6.45, 7) is 8.94. The normalized spacial score (nSPS) is 11.2. The van der Waals surface area contributed by atoms with E-state index in [1.807, 2.05) is 27.7 Å². The van der Waals surface area contributed by atoms with Crippen LogP contribution in [0, 0.1) is 0 Å². The van der Waals surface area contributed by atoms with Gasteiger partial charge in [0, 0.05) is 6.61 Å². The van der Waals surface area contributed by atoms with Crippen LogP contribution in [0.1, 0.15) is 91.9 Å². The van der Waals surface area contributed by atoms with Crippen molar-refractivity contribution in [2.75, 3.05) is 26.4 Å². The van der Waals surface area contributed by atoms with Crippen LogP contribution in [0.3, 0.4) is 0 Å². The molecule has 0 atom stereocenters. The van der Waals surface area contributed by atoms with E-state index in [2.05, 4.69) is 0 Å². The fourth-order valence-corrected chi connectivity index (χ4v) is 2.45. The van der Waals surface area contributed by atoms with Gasteiger partial charge in [-0.15, -0.1) is 0 Å². The molecule has 0 amide bonds. The first kappa shape index (κ1) is 27.4. The zero-order chi connectivity index (χ0) is 22.0. The molecule has 0 aromatic carbocycles. The second-order valence-electron chi connectivity index (χ2n) is 7.19. The molecule has 0 N–H and O–H groups in total. The van der Waals surface area contributed by atoms with Gasteiger partial charge in [0.05, 0.1) is 32.7 Å². The number of ether oxygens (including phenoxy) is 4. The lowest BCUT2D eigenvalue weighted by molar-refractivity contribution is -0.186. The average Bonchev–Trinajstić information content (AvgIpc) is 2.68. The van der Waals surface area contributed by atoms with Crippen LogP contribution < -0.4 is 0 Å². The van der Waals surface area contributed by atoms with Crippen molar-refractivity contribution in [3.8, 4) is 0 Å². The lowest BCUT2D eigenvalue weighted by Gasteiger charge is -2.30. The highest BCUT2D eigenvalue weighted by Crippen LogP contribution is 2.26. The minimum atomic E-state index is -1.71. The van der Waals surface area contributed by atoms with Gasteiger partial charge in [-0.25, -0.2) is 4.79 Å². The summed E-state index contributed by atoms with van der Waals surface area (Å²) in [4.78, 5) is 37.7. The summed E-state index contributed by atoms with van der Waals surface area (Å²) in [5.74, 6) is -1.87. The van der Waals surface area contributed by atoms with Crippen molar-refractivity contribution < 1.29 is 33.3 Å². The van der Waals surface area contributed by atoms with Gasteiger partial charge in [0.1, 0.15) is 0 Å². The predicted molar refractivity (Wildman–Crippen MR) is 110 cm³/mol. The van der Waals surface area contributed by atoms with Gasteiger partial charge in [0.25, 0.3) is 0 Å². The SMILES string of the molecule is CCCCOC(=O)CC(CC(=O)OCCCC)(OCCCC)C(=O)OCCCC. The van der Waals surface area contributed by atoms with Crippen LogP contribution in [0.4, 0.5) is 0 Å². The molecule has 0 rings (SSSR count). The van der Waals surface area contributed by atoms with E-state index < -0.39 is 23.5 Å². The largest absolute Gasteiger partial charge is 0.466 e. The fourth-order valence-electron chi connectivity index (χ4n) is 2.45. The molecule has 0 fully saturated rings. The highest BCUT2D eigenvalue weighted by atomic mass is 16.6. The third kappa shape index (κ3) is 12.5. The van der Waals surface area contributed by atoms with E-state index in [0.29, 0.717) is 12.8 Å². The van der Waals surface area contributed by atoms with Crippen LogP contribution in [0.15, 0.2) is 0 Å². The Morgan fingerprint density at radius 1 is 0.586 bits per heavy atom. The van der Waals surface area contributed by atoms with Gasteiger partial charge in [-0.3, -0.25) is 9.59 Å². The summed E-state index contributed by atoms with van der Waals surface area (Å²) < 4.78 is 21.6. The average molecular weight is 417 g/mol. The van der Waals surface area contributed by atoms with Crippen molar-refractivity contribution in [2.45, 2.75) is 97.5 Å². The molecular formula is C22H40O7. The topological polar surface area (TPSA) is 88.1 Å². The molecule has 0 aromatic rings. The molecule has 0 radical (unpaired) electrons. The van der Waals surface area contributed by atoms with E-state index in [9.17, 15) is 14.4 Å². The maximum atomic E-state index is 12.9. The van der Waals surface area contributed by atoms with E-state index in [1.165, 1.54) is 0 Å². The molecule has 0 heterocycles. The number of carbonyl (C=O) groups excluding carboxylic acids is 3. The Morgan fingerprint density at radius 2 is 0.966 bits per heavy atom. The van der Waals surface area contributed by atoms with Crippen molar-refractivity contribution in [1.82, 2.24) is 0 Å². The zero-order valence-electron chi connectivity index (χ0n) is 18.8. The third-order valence-corrected chi connectivity index (χ3v) is 4.36. The van der Waals surface area contributed by atoms with E-state index in [0.717, 1.165) is 38.5 Å². The maximum Gasteiger partial charge on any atom is 0.339 e. The Kier molecular flexibility index (Phi) is 16.3. The minimum absolute atomic E-state index is 0.212. The van der Waals surface area contributed by atoms with Gasteiger partial charge >= 0.3 is 17.9 Å². The molecule has 0 saturated heterocycles. The number of rotatable bonds is 18. The highest BCUT2D eigenvalue weighted by Gasteiger charge is 2.46. The second-order valence-corrected chi connectivity index (χ2v) is 7.19. The molecule has 29 heavy (non-hydrogen) atoms. The van der Waals surface area contributed by atoms with Gasteiger partial charge in [-0.2, -0.15) is 0 Å². The van der Waals surface area contributed by atoms with E-state index >= 15 is 0 Å². The Labute approximate surface area is 175 Å². The number of hydrogen-bond acceptors (Lipinski definition) is 7. The Hall–Kier alpha value is -1.63. The van der Waals surface area contributed by atoms with Crippen molar-refractivity contribution >= 4 is 17.9 Å². The Morgan fingerprint density at radius 3 is 1.38 bits per heavy atom. The first-order chi connectivity index (χ1) is 14.0. The van der Waals surface area contributed by atoms with Crippen LogP contribution in [0.25, 0.3) is 0 Å². The van der Waals surface area contributed by atoms with Gasteiger partial charge in [0.15, 0.2) is 5.60 Å². The molecule has 0 unspecified atom stereocenters. The summed E-state index contributed by atoms with van der Waals surface area (Å²) in [5, 5.41) is 0. The van der Waals surface area contributed by atoms with Crippen molar-refractivity contribution in [3.05, 3.63) is 0 Å². The van der Waals surface area contributed by atoms with Crippen molar-refractivity contribution in [3.63, 3.8) is 0 Å². The lowest BCUT2D eigenvalue weighted by atomic mass is 9.94. The molecule has 0 aromatic heterocycles. The number of hydrogen-bond donors (Lipinski definition) is 0. The highest BCUT2D eigenvalue weighted by molar-refractivity contribution is 5.90. The molecule has 7 heteroatoms. The van der Waals surface area contributed by atoms with Gasteiger partial charge in [0.2, 0.25) is 0 Å². The number of esters is 3. The summed E-state index contributed by atoms with van der Waals surface area (Å²) in [6.07, 6.45) is 5.59. The summed E-state index contributed by atoms with van der Waals surface area (Å²) in [5.41, 5.74) is -1.71. The molecule has 0 aliphatic carbocycles. The first-order valence-corrected chi connectivity index (χ1v) is 11.1. The molecule has 0 bridgehead atoms. The Balaban J connectivity index is 5.38.